The zero-order chi connectivity index (χ0) is 14.5. The van der Waals surface area contributed by atoms with Gasteiger partial charge in [-0.3, -0.25) is 0 Å². The molecule has 2 N–H and O–H groups in total. The van der Waals surface area contributed by atoms with E-state index in [9.17, 15) is 0 Å². The molecule has 1 aliphatic heterocycles. The summed E-state index contributed by atoms with van der Waals surface area (Å²) in [6.07, 6.45) is 0.993. The van der Waals surface area contributed by atoms with Crippen molar-refractivity contribution in [3.63, 3.8) is 0 Å². The van der Waals surface area contributed by atoms with E-state index in [0.717, 1.165) is 19.5 Å². The third kappa shape index (κ3) is 4.19. The summed E-state index contributed by atoms with van der Waals surface area (Å²) < 4.78 is 11.1. The van der Waals surface area contributed by atoms with Crippen LogP contribution in [-0.2, 0) is 4.74 Å². The van der Waals surface area contributed by atoms with Gasteiger partial charge in [-0.15, -0.1) is 0 Å². The van der Waals surface area contributed by atoms with E-state index in [2.05, 4.69) is 28.8 Å². The van der Waals surface area contributed by atoms with Gasteiger partial charge in [-0.2, -0.15) is 15.0 Å². The van der Waals surface area contributed by atoms with Gasteiger partial charge in [0.2, 0.25) is 11.9 Å². The molecular formula is C13H23N5O2. The van der Waals surface area contributed by atoms with E-state index in [1.54, 1.807) is 0 Å². The summed E-state index contributed by atoms with van der Waals surface area (Å²) in [7, 11) is 0. The predicted molar refractivity (Wildman–Crippen MR) is 76.8 cm³/mol. The van der Waals surface area contributed by atoms with Crippen molar-refractivity contribution < 1.29 is 9.47 Å². The molecule has 0 bridgehead atoms. The molecule has 1 aromatic rings. The van der Waals surface area contributed by atoms with Crippen molar-refractivity contribution in [3.8, 4) is 6.01 Å². The van der Waals surface area contributed by atoms with E-state index in [-0.39, 0.29) is 12.1 Å². The molecule has 0 aliphatic carbocycles. The molecule has 1 aromatic heterocycles. The first-order chi connectivity index (χ1) is 9.54. The molecule has 1 fully saturated rings. The number of rotatable bonds is 5. The van der Waals surface area contributed by atoms with Crippen molar-refractivity contribution >= 4 is 11.9 Å². The molecule has 1 saturated heterocycles. The molecule has 0 saturated carbocycles. The number of ether oxygens (including phenoxy) is 2. The maximum absolute atomic E-state index is 5.74. The van der Waals surface area contributed by atoms with Crippen LogP contribution in [0, 0.1) is 5.92 Å². The Morgan fingerprint density at radius 2 is 1.90 bits per heavy atom. The van der Waals surface area contributed by atoms with E-state index in [4.69, 9.17) is 15.2 Å². The number of nitrogens with two attached hydrogens (primary N) is 1. The zero-order valence-corrected chi connectivity index (χ0v) is 12.4. The predicted octanol–water partition coefficient (Wildman–Crippen LogP) is 1.10. The van der Waals surface area contributed by atoms with E-state index < -0.39 is 0 Å². The van der Waals surface area contributed by atoms with Crippen LogP contribution in [0.15, 0.2) is 0 Å². The molecule has 7 heteroatoms. The molecule has 0 spiro atoms. The number of nitrogen functional groups attached to an aromatic ring is 1. The van der Waals surface area contributed by atoms with Crippen molar-refractivity contribution in [2.45, 2.75) is 33.3 Å². The molecule has 20 heavy (non-hydrogen) atoms. The number of hydrogen-bond donors (Lipinski definition) is 1. The van der Waals surface area contributed by atoms with Crippen LogP contribution in [0.2, 0.25) is 0 Å². The number of hydrogen-bond acceptors (Lipinski definition) is 7. The lowest BCUT2D eigenvalue weighted by atomic mass is 10.1. The summed E-state index contributed by atoms with van der Waals surface area (Å²) in [5.41, 5.74) is 5.74. The van der Waals surface area contributed by atoms with Crippen LogP contribution in [0.3, 0.4) is 0 Å². The number of aromatic nitrogens is 3. The molecule has 2 rings (SSSR count). The highest BCUT2D eigenvalue weighted by Crippen LogP contribution is 2.17. The summed E-state index contributed by atoms with van der Waals surface area (Å²) in [5, 5.41) is 0. The van der Waals surface area contributed by atoms with E-state index in [1.165, 1.54) is 0 Å². The highest BCUT2D eigenvalue weighted by Gasteiger charge is 2.17. The lowest BCUT2D eigenvalue weighted by molar-refractivity contribution is 0.121. The summed E-state index contributed by atoms with van der Waals surface area (Å²) >= 11 is 0. The molecule has 7 nitrogen and oxygen atoms in total. The average molecular weight is 281 g/mol. The van der Waals surface area contributed by atoms with Crippen LogP contribution < -0.4 is 15.4 Å². The first kappa shape index (κ1) is 14.8. The maximum atomic E-state index is 5.74. The van der Waals surface area contributed by atoms with Crippen molar-refractivity contribution in [2.75, 3.05) is 36.9 Å². The first-order valence-corrected chi connectivity index (χ1v) is 7.05. The van der Waals surface area contributed by atoms with Crippen LogP contribution in [0.4, 0.5) is 11.9 Å². The highest BCUT2D eigenvalue weighted by molar-refractivity contribution is 5.36. The third-order valence-electron chi connectivity index (χ3n) is 3.02. The molecular weight excluding hydrogens is 258 g/mol. The lowest BCUT2D eigenvalue weighted by Crippen LogP contribution is -2.37. The largest absolute Gasteiger partial charge is 0.460 e. The molecule has 0 aromatic carbocycles. The summed E-state index contributed by atoms with van der Waals surface area (Å²) in [4.78, 5) is 14.6. The minimum Gasteiger partial charge on any atom is -0.460 e. The second-order valence-corrected chi connectivity index (χ2v) is 5.43. The Hall–Kier alpha value is -1.63. The Bertz CT molecular complexity index is 435. The van der Waals surface area contributed by atoms with Crippen molar-refractivity contribution in [2.24, 2.45) is 5.92 Å². The molecule has 1 atom stereocenters. The van der Waals surface area contributed by atoms with Gasteiger partial charge in [0.1, 0.15) is 0 Å². The van der Waals surface area contributed by atoms with E-state index >= 15 is 0 Å². The fourth-order valence-corrected chi connectivity index (χ4v) is 2.21. The normalized spacial score (nSPS) is 17.3. The second kappa shape index (κ2) is 6.69. The van der Waals surface area contributed by atoms with E-state index in [1.807, 2.05) is 11.8 Å². The Balaban J connectivity index is 2.07. The van der Waals surface area contributed by atoms with Gasteiger partial charge in [-0.25, -0.2) is 0 Å². The van der Waals surface area contributed by atoms with E-state index in [0.29, 0.717) is 31.1 Å². The Kier molecular flexibility index (Phi) is 4.94. The fourth-order valence-electron chi connectivity index (χ4n) is 2.21. The van der Waals surface area contributed by atoms with Gasteiger partial charge >= 0.3 is 6.01 Å². The van der Waals surface area contributed by atoms with Gasteiger partial charge in [0.25, 0.3) is 0 Å². The van der Waals surface area contributed by atoms with Gasteiger partial charge in [0.15, 0.2) is 0 Å². The van der Waals surface area contributed by atoms with Crippen LogP contribution in [0.25, 0.3) is 0 Å². The topological polar surface area (TPSA) is 86.4 Å². The monoisotopic (exact) mass is 281 g/mol. The summed E-state index contributed by atoms with van der Waals surface area (Å²) in [6.45, 7) is 9.17. The molecule has 2 heterocycles. The minimum atomic E-state index is 0.0503. The van der Waals surface area contributed by atoms with Crippen molar-refractivity contribution in [1.82, 2.24) is 15.0 Å². The first-order valence-electron chi connectivity index (χ1n) is 7.05. The van der Waals surface area contributed by atoms with Crippen LogP contribution in [-0.4, -0.2) is 47.4 Å². The molecule has 1 unspecified atom stereocenters. The average Bonchev–Trinajstić information content (AvgIpc) is 2.38. The van der Waals surface area contributed by atoms with Crippen LogP contribution in [0.1, 0.15) is 27.2 Å². The fraction of sp³-hybridized carbons (Fsp3) is 0.769. The van der Waals surface area contributed by atoms with Gasteiger partial charge in [0, 0.05) is 13.1 Å². The molecule has 0 radical (unpaired) electrons. The van der Waals surface area contributed by atoms with Gasteiger partial charge in [-0.1, -0.05) is 13.8 Å². The minimum absolute atomic E-state index is 0.0503. The standard InChI is InChI=1S/C13H23N5O2/c1-9(2)8-10(3)20-13-16-11(14)15-12(17-13)18-4-6-19-7-5-18/h9-10H,4-8H2,1-3H3,(H2,14,15,16,17). The molecule has 1 aliphatic rings. The zero-order valence-electron chi connectivity index (χ0n) is 12.4. The highest BCUT2D eigenvalue weighted by atomic mass is 16.5. The number of nitrogens with zero attached hydrogens (tertiary/aromatic N) is 4. The molecule has 112 valence electrons. The molecule has 0 amide bonds. The van der Waals surface area contributed by atoms with Gasteiger partial charge < -0.3 is 20.1 Å². The van der Waals surface area contributed by atoms with Crippen molar-refractivity contribution in [1.29, 1.82) is 0 Å². The van der Waals surface area contributed by atoms with Crippen LogP contribution in [0.5, 0.6) is 6.01 Å². The smallest absolute Gasteiger partial charge is 0.323 e. The van der Waals surface area contributed by atoms with Gasteiger partial charge in [0.05, 0.1) is 19.3 Å². The number of morpholine rings is 1. The SMILES string of the molecule is CC(C)CC(C)Oc1nc(N)nc(N2CCOCC2)n1. The Morgan fingerprint density at radius 1 is 1.20 bits per heavy atom. The summed E-state index contributed by atoms with van der Waals surface area (Å²) in [5.74, 6) is 1.31. The van der Waals surface area contributed by atoms with Crippen molar-refractivity contribution in [3.05, 3.63) is 0 Å². The maximum Gasteiger partial charge on any atom is 0.323 e. The Labute approximate surface area is 119 Å². The quantitative estimate of drug-likeness (QED) is 0.864. The van der Waals surface area contributed by atoms with Crippen LogP contribution >= 0.6 is 0 Å². The third-order valence-corrected chi connectivity index (χ3v) is 3.02. The second-order valence-electron chi connectivity index (χ2n) is 5.43. The lowest BCUT2D eigenvalue weighted by Gasteiger charge is -2.27. The van der Waals surface area contributed by atoms with Gasteiger partial charge in [-0.05, 0) is 19.3 Å². The number of anilines is 2. The Morgan fingerprint density at radius 3 is 2.55 bits per heavy atom. The summed E-state index contributed by atoms with van der Waals surface area (Å²) in [6, 6.07) is 0.298.